The monoisotopic (exact) mass is 718 g/mol. The van der Waals surface area contributed by atoms with Gasteiger partial charge in [0.15, 0.2) is 0 Å². The van der Waals surface area contributed by atoms with Gasteiger partial charge >= 0.3 is 5.97 Å². The Labute approximate surface area is 311 Å². The summed E-state index contributed by atoms with van der Waals surface area (Å²) in [5.41, 5.74) is 5.27. The number of amides is 1. The van der Waals surface area contributed by atoms with Crippen molar-refractivity contribution in [2.75, 3.05) is 18.5 Å². The topological polar surface area (TPSA) is 59.1 Å². The van der Waals surface area contributed by atoms with Crippen molar-refractivity contribution in [2.45, 2.75) is 69.6 Å². The lowest BCUT2D eigenvalue weighted by Crippen LogP contribution is -2.21. The molecule has 0 spiro atoms. The molecule has 0 aromatic heterocycles. The zero-order valence-corrected chi connectivity index (χ0v) is 30.8. The molecular weight excluding hydrogens is 672 g/mol. The average Bonchev–Trinajstić information content (AvgIpc) is 3.20. The maximum Gasteiger partial charge on any atom is 0.342 e. The van der Waals surface area contributed by atoms with Crippen LogP contribution >= 0.6 is 11.9 Å². The van der Waals surface area contributed by atoms with E-state index < -0.39 is 5.97 Å². The second kappa shape index (κ2) is 20.2. The normalized spacial score (nSPS) is 12.8. The SMILES string of the molecule is CCN(C)Sc1ccc(F)cc1.O=CN(Cc1ccc(C2CCCCC2)cc1)c1ccc(C(=O)OCc2ccccc2)c(OCc2ccccc2)c1. The summed E-state index contributed by atoms with van der Waals surface area (Å²) in [4.78, 5) is 28.0. The first-order valence-corrected chi connectivity index (χ1v) is 18.7. The summed E-state index contributed by atoms with van der Waals surface area (Å²) in [5, 5.41) is 0. The molecule has 5 aromatic rings. The highest BCUT2D eigenvalue weighted by atomic mass is 32.2. The fourth-order valence-corrected chi connectivity index (χ4v) is 6.72. The first kappa shape index (κ1) is 38.3. The molecule has 1 amide bonds. The molecule has 1 aliphatic rings. The summed E-state index contributed by atoms with van der Waals surface area (Å²) in [5.74, 6) is 0.357. The minimum Gasteiger partial charge on any atom is -0.488 e. The predicted molar refractivity (Wildman–Crippen MR) is 208 cm³/mol. The van der Waals surface area contributed by atoms with Crippen LogP contribution < -0.4 is 9.64 Å². The number of hydrogen-bond donors (Lipinski definition) is 0. The smallest absolute Gasteiger partial charge is 0.342 e. The van der Waals surface area contributed by atoms with Gasteiger partial charge in [-0.15, -0.1) is 0 Å². The first-order valence-electron chi connectivity index (χ1n) is 17.9. The van der Waals surface area contributed by atoms with Crippen LogP contribution in [0.15, 0.2) is 132 Å². The minimum absolute atomic E-state index is 0.164. The van der Waals surface area contributed by atoms with E-state index in [1.54, 1.807) is 47.2 Å². The number of ether oxygens (including phenoxy) is 2. The van der Waals surface area contributed by atoms with E-state index in [0.29, 0.717) is 29.5 Å². The summed E-state index contributed by atoms with van der Waals surface area (Å²) in [6, 6.07) is 39.6. The molecule has 6 nitrogen and oxygen atoms in total. The van der Waals surface area contributed by atoms with Crippen molar-refractivity contribution >= 4 is 30.0 Å². The van der Waals surface area contributed by atoms with Gasteiger partial charge in [-0.3, -0.25) is 4.79 Å². The number of halogens is 1. The zero-order valence-electron chi connectivity index (χ0n) is 30.0. The van der Waals surface area contributed by atoms with Crippen LogP contribution in [0.2, 0.25) is 0 Å². The van der Waals surface area contributed by atoms with Gasteiger partial charge in [0.05, 0.1) is 6.54 Å². The number of hydrogen-bond acceptors (Lipinski definition) is 6. The van der Waals surface area contributed by atoms with E-state index >= 15 is 0 Å². The van der Waals surface area contributed by atoms with E-state index in [1.165, 1.54) is 49.8 Å². The molecule has 1 aliphatic carbocycles. The van der Waals surface area contributed by atoms with Crippen LogP contribution in [-0.4, -0.2) is 30.3 Å². The molecule has 52 heavy (non-hydrogen) atoms. The standard InChI is InChI=1S/C35H35NO4.C9H12FNS/c37-26-36(23-27-16-18-31(19-17-27)30-14-8-3-9-15-30)32-20-21-33(35(38)40-25-29-12-6-2-7-13-29)34(22-32)39-24-28-10-4-1-5-11-28;1-3-11(2)12-9-6-4-8(10)5-7-9/h1-2,4-7,10-13,16-22,26,30H,3,8-9,14-15,23-25H2;4-7H,3H2,1-2H3. The summed E-state index contributed by atoms with van der Waals surface area (Å²) in [6.07, 6.45) is 7.27. The lowest BCUT2D eigenvalue weighted by molar-refractivity contribution is -0.107. The Balaban J connectivity index is 0.000000370. The molecule has 8 heteroatoms. The third-order valence-electron chi connectivity index (χ3n) is 9.02. The van der Waals surface area contributed by atoms with E-state index in [2.05, 4.69) is 35.5 Å². The lowest BCUT2D eigenvalue weighted by atomic mass is 9.84. The van der Waals surface area contributed by atoms with Gasteiger partial charge in [0.25, 0.3) is 0 Å². The maximum atomic E-state index is 13.1. The maximum absolute atomic E-state index is 13.1. The van der Waals surface area contributed by atoms with Crippen LogP contribution in [0, 0.1) is 5.82 Å². The summed E-state index contributed by atoms with van der Waals surface area (Å²) in [7, 11) is 2.01. The number of carbonyl (C=O) groups excluding carboxylic acids is 2. The molecule has 0 radical (unpaired) electrons. The van der Waals surface area contributed by atoms with Gasteiger partial charge in [-0.2, -0.15) is 0 Å². The van der Waals surface area contributed by atoms with E-state index in [4.69, 9.17) is 9.47 Å². The third-order valence-corrected chi connectivity index (χ3v) is 10.1. The zero-order chi connectivity index (χ0) is 36.5. The van der Waals surface area contributed by atoms with Gasteiger partial charge in [-0.25, -0.2) is 13.5 Å². The number of carbonyl (C=O) groups is 2. The summed E-state index contributed by atoms with van der Waals surface area (Å²) in [6.45, 7) is 3.92. The van der Waals surface area contributed by atoms with E-state index in [9.17, 15) is 14.0 Å². The van der Waals surface area contributed by atoms with Crippen LogP contribution in [0.1, 0.15) is 77.6 Å². The van der Waals surface area contributed by atoms with Crippen molar-refractivity contribution in [1.29, 1.82) is 0 Å². The Morgan fingerprint density at radius 3 is 2.04 bits per heavy atom. The molecule has 1 fully saturated rings. The van der Waals surface area contributed by atoms with Crippen LogP contribution in [0.4, 0.5) is 10.1 Å². The van der Waals surface area contributed by atoms with Crippen molar-refractivity contribution in [3.63, 3.8) is 0 Å². The van der Waals surface area contributed by atoms with E-state index in [1.807, 2.05) is 67.7 Å². The van der Waals surface area contributed by atoms with E-state index in [-0.39, 0.29) is 19.0 Å². The highest BCUT2D eigenvalue weighted by molar-refractivity contribution is 7.97. The quantitative estimate of drug-likeness (QED) is 0.0647. The molecule has 0 atom stereocenters. The second-order valence-electron chi connectivity index (χ2n) is 12.8. The molecule has 1 saturated carbocycles. The van der Waals surface area contributed by atoms with Crippen LogP contribution in [-0.2, 0) is 29.3 Å². The fraction of sp³-hybridized carbons (Fsp3) is 0.273. The Hall–Kier alpha value is -4.92. The largest absolute Gasteiger partial charge is 0.488 e. The number of anilines is 1. The molecule has 270 valence electrons. The van der Waals surface area contributed by atoms with Gasteiger partial charge in [-0.1, -0.05) is 111 Å². The van der Waals surface area contributed by atoms with E-state index in [0.717, 1.165) is 34.5 Å². The summed E-state index contributed by atoms with van der Waals surface area (Å²) < 4.78 is 26.3. The Kier molecular flexibility index (Phi) is 14.9. The lowest BCUT2D eigenvalue weighted by Gasteiger charge is -2.23. The molecule has 0 heterocycles. The van der Waals surface area contributed by atoms with Crippen molar-refractivity contribution in [3.05, 3.63) is 161 Å². The third kappa shape index (κ3) is 11.8. The molecule has 0 saturated heterocycles. The molecule has 0 aliphatic heterocycles. The number of benzene rings is 5. The fourth-order valence-electron chi connectivity index (χ4n) is 5.97. The van der Waals surface area contributed by atoms with Crippen molar-refractivity contribution in [1.82, 2.24) is 4.31 Å². The minimum atomic E-state index is -0.477. The van der Waals surface area contributed by atoms with Crippen LogP contribution in [0.5, 0.6) is 5.75 Å². The highest BCUT2D eigenvalue weighted by Gasteiger charge is 2.19. The predicted octanol–water partition coefficient (Wildman–Crippen LogP) is 10.6. The van der Waals surface area contributed by atoms with Gasteiger partial charge in [-0.05, 0) is 96.4 Å². The molecule has 0 N–H and O–H groups in total. The first-order chi connectivity index (χ1) is 25.4. The van der Waals surface area contributed by atoms with Gasteiger partial charge in [0, 0.05) is 23.2 Å². The Morgan fingerprint density at radius 1 is 0.788 bits per heavy atom. The Morgan fingerprint density at radius 2 is 1.42 bits per heavy atom. The van der Waals surface area contributed by atoms with Gasteiger partial charge < -0.3 is 14.4 Å². The average molecular weight is 719 g/mol. The van der Waals surface area contributed by atoms with Crippen molar-refractivity contribution in [3.8, 4) is 5.75 Å². The summed E-state index contributed by atoms with van der Waals surface area (Å²) >= 11 is 1.62. The molecule has 0 bridgehead atoms. The highest BCUT2D eigenvalue weighted by Crippen LogP contribution is 2.33. The molecular formula is C44H47FN2O4S. The van der Waals surface area contributed by atoms with Gasteiger partial charge in [0.1, 0.15) is 30.3 Å². The van der Waals surface area contributed by atoms with Crippen LogP contribution in [0.25, 0.3) is 0 Å². The Bertz CT molecular complexity index is 1820. The number of rotatable bonds is 14. The van der Waals surface area contributed by atoms with Crippen molar-refractivity contribution in [2.24, 2.45) is 0 Å². The van der Waals surface area contributed by atoms with Crippen LogP contribution in [0.3, 0.4) is 0 Å². The van der Waals surface area contributed by atoms with Crippen molar-refractivity contribution < 1.29 is 23.5 Å². The number of esters is 1. The number of nitrogens with zero attached hydrogens (tertiary/aromatic N) is 2. The molecule has 6 rings (SSSR count). The second-order valence-corrected chi connectivity index (χ2v) is 14.1. The molecule has 5 aromatic carbocycles. The molecule has 0 unspecified atom stereocenters. The van der Waals surface area contributed by atoms with Gasteiger partial charge in [0.2, 0.25) is 6.41 Å².